The summed E-state index contributed by atoms with van der Waals surface area (Å²) in [6.07, 6.45) is 3.05. The van der Waals surface area contributed by atoms with Gasteiger partial charge in [-0.1, -0.05) is 24.3 Å². The first-order valence-electron chi connectivity index (χ1n) is 10.6. The average Bonchev–Trinajstić information content (AvgIpc) is 3.53. The van der Waals surface area contributed by atoms with E-state index in [0.717, 1.165) is 46.7 Å². The van der Waals surface area contributed by atoms with Crippen molar-refractivity contribution in [3.8, 4) is 11.3 Å². The molecular weight excluding hydrogens is 406 g/mol. The number of esters is 1. The number of hydrogen-bond acceptors (Lipinski definition) is 8. The van der Waals surface area contributed by atoms with E-state index < -0.39 is 12.2 Å². The number of fused-ring (bicyclic) bond motifs is 1. The van der Waals surface area contributed by atoms with Gasteiger partial charge < -0.3 is 20.1 Å². The van der Waals surface area contributed by atoms with Crippen LogP contribution in [0.1, 0.15) is 40.6 Å². The molecule has 164 valence electrons. The van der Waals surface area contributed by atoms with E-state index in [9.17, 15) is 9.90 Å². The van der Waals surface area contributed by atoms with Gasteiger partial charge in [-0.2, -0.15) is 0 Å². The van der Waals surface area contributed by atoms with Gasteiger partial charge in [0.25, 0.3) is 0 Å². The van der Waals surface area contributed by atoms with Crippen LogP contribution in [-0.4, -0.2) is 40.9 Å². The maximum atomic E-state index is 12.0. The van der Waals surface area contributed by atoms with E-state index >= 15 is 0 Å². The second-order valence-corrected chi connectivity index (χ2v) is 8.15. The molecule has 0 bridgehead atoms. The molecule has 0 spiro atoms. The normalized spacial score (nSPS) is 15.8. The van der Waals surface area contributed by atoms with Crippen LogP contribution < -0.4 is 15.5 Å². The maximum absolute atomic E-state index is 12.0. The second-order valence-electron chi connectivity index (χ2n) is 8.15. The lowest BCUT2D eigenvalue weighted by Crippen LogP contribution is -2.24. The molecule has 1 saturated carbocycles. The van der Waals surface area contributed by atoms with Gasteiger partial charge >= 0.3 is 5.97 Å². The summed E-state index contributed by atoms with van der Waals surface area (Å²) in [6, 6.07) is 13.6. The minimum Gasteiger partial charge on any atom is -0.465 e. The number of aromatic nitrogens is 2. The molecule has 1 fully saturated rings. The van der Waals surface area contributed by atoms with E-state index in [2.05, 4.69) is 25.5 Å². The van der Waals surface area contributed by atoms with Gasteiger partial charge in [0.1, 0.15) is 18.2 Å². The minimum absolute atomic E-state index is 0.391. The highest BCUT2D eigenvalue weighted by Crippen LogP contribution is 2.41. The third-order valence-corrected chi connectivity index (χ3v) is 5.86. The summed E-state index contributed by atoms with van der Waals surface area (Å²) in [5.41, 5.74) is 5.66. The lowest BCUT2D eigenvalue weighted by Gasteiger charge is -2.22. The molecule has 1 aromatic heterocycles. The smallest absolute Gasteiger partial charge is 0.337 e. The summed E-state index contributed by atoms with van der Waals surface area (Å²) in [7, 11) is 1.37. The first-order valence-corrected chi connectivity index (χ1v) is 10.6. The number of aliphatic hydroxyl groups excluding tert-OH is 1. The Morgan fingerprint density at radius 2 is 2.09 bits per heavy atom. The van der Waals surface area contributed by atoms with Crippen molar-refractivity contribution in [1.82, 2.24) is 15.3 Å². The molecule has 32 heavy (non-hydrogen) atoms. The van der Waals surface area contributed by atoms with E-state index in [1.165, 1.54) is 13.4 Å². The Labute approximate surface area is 186 Å². The van der Waals surface area contributed by atoms with Crippen LogP contribution in [0.15, 0.2) is 48.8 Å². The molecule has 0 radical (unpaired) electrons. The summed E-state index contributed by atoms with van der Waals surface area (Å²) in [5, 5.41) is 17.2. The molecule has 2 heterocycles. The van der Waals surface area contributed by atoms with Crippen molar-refractivity contribution >= 4 is 23.2 Å². The number of carbonyl (C=O) groups is 1. The Bertz CT molecular complexity index is 1180. The number of methoxy groups -OCH3 is 1. The third kappa shape index (κ3) is 3.79. The van der Waals surface area contributed by atoms with E-state index in [-0.39, 0.29) is 0 Å². The first kappa shape index (κ1) is 20.4. The molecular formula is C24H25N5O3. The molecule has 1 aliphatic carbocycles. The summed E-state index contributed by atoms with van der Waals surface area (Å²) < 4.78 is 4.85. The van der Waals surface area contributed by atoms with Gasteiger partial charge in [0.15, 0.2) is 5.82 Å². The van der Waals surface area contributed by atoms with Gasteiger partial charge in [0, 0.05) is 17.3 Å². The molecule has 0 saturated heterocycles. The molecule has 8 heteroatoms. The highest BCUT2D eigenvalue weighted by molar-refractivity contribution is 5.93. The van der Waals surface area contributed by atoms with Crippen molar-refractivity contribution < 1.29 is 14.6 Å². The summed E-state index contributed by atoms with van der Waals surface area (Å²) in [5.74, 6) is 0.362. The highest BCUT2D eigenvalue weighted by Gasteiger charge is 2.28. The zero-order valence-electron chi connectivity index (χ0n) is 18.0. The first-order chi connectivity index (χ1) is 15.5. The van der Waals surface area contributed by atoms with E-state index in [0.29, 0.717) is 24.0 Å². The number of anilines is 3. The number of aryl methyl sites for hydroxylation is 1. The molecule has 3 aromatic rings. The van der Waals surface area contributed by atoms with E-state index in [1.807, 2.05) is 37.3 Å². The number of nitrogens with one attached hydrogen (secondary N) is 2. The SMILES string of the molecule is COC(=O)c1cccc(-c2ncnc3c2NCN3c2cc(C(O)NC3CC3)ccc2C)c1. The van der Waals surface area contributed by atoms with Gasteiger partial charge in [0.05, 0.1) is 25.0 Å². The summed E-state index contributed by atoms with van der Waals surface area (Å²) >= 11 is 0. The number of hydrogen-bond donors (Lipinski definition) is 3. The van der Waals surface area contributed by atoms with Gasteiger partial charge in [-0.05, 0) is 49.1 Å². The molecule has 3 N–H and O–H groups in total. The summed E-state index contributed by atoms with van der Waals surface area (Å²) in [6.45, 7) is 2.56. The fraction of sp³-hybridized carbons (Fsp3) is 0.292. The number of ether oxygens (including phenoxy) is 1. The number of benzene rings is 2. The van der Waals surface area contributed by atoms with Crippen LogP contribution in [0, 0.1) is 6.92 Å². The quantitative estimate of drug-likeness (QED) is 0.403. The monoisotopic (exact) mass is 431 g/mol. The van der Waals surface area contributed by atoms with Crippen LogP contribution in [0.5, 0.6) is 0 Å². The molecule has 2 aliphatic rings. The predicted molar refractivity (Wildman–Crippen MR) is 122 cm³/mol. The van der Waals surface area contributed by atoms with E-state index in [4.69, 9.17) is 4.74 Å². The Morgan fingerprint density at radius 1 is 1.25 bits per heavy atom. The standard InChI is InChI=1S/C24H25N5O3/c1-14-6-7-16(23(30)28-18-8-9-18)11-19(14)29-13-27-21-20(25-12-26-22(21)29)15-4-3-5-17(10-15)24(31)32-2/h3-7,10-12,18,23,27-28,30H,8-9,13H2,1-2H3. The van der Waals surface area contributed by atoms with Crippen LogP contribution >= 0.6 is 0 Å². The number of aliphatic hydroxyl groups is 1. The lowest BCUT2D eigenvalue weighted by molar-refractivity contribution is 0.0600. The molecule has 2 aromatic carbocycles. The third-order valence-electron chi connectivity index (χ3n) is 5.86. The topological polar surface area (TPSA) is 99.6 Å². The fourth-order valence-electron chi connectivity index (χ4n) is 3.96. The fourth-order valence-corrected chi connectivity index (χ4v) is 3.96. The van der Waals surface area contributed by atoms with Crippen molar-refractivity contribution in [2.75, 3.05) is 24.0 Å². The second kappa shape index (κ2) is 8.22. The molecule has 0 amide bonds. The van der Waals surface area contributed by atoms with Crippen LogP contribution in [0.25, 0.3) is 11.3 Å². The zero-order valence-corrected chi connectivity index (χ0v) is 18.0. The van der Waals surface area contributed by atoms with E-state index in [1.54, 1.807) is 12.1 Å². The lowest BCUT2D eigenvalue weighted by atomic mass is 10.1. The van der Waals surface area contributed by atoms with Crippen molar-refractivity contribution in [3.05, 3.63) is 65.5 Å². The minimum atomic E-state index is -0.695. The van der Waals surface area contributed by atoms with Crippen LogP contribution in [0.4, 0.5) is 17.2 Å². The Hall–Kier alpha value is -3.49. The number of rotatable bonds is 6. The molecule has 1 atom stereocenters. The zero-order chi connectivity index (χ0) is 22.2. The van der Waals surface area contributed by atoms with Gasteiger partial charge in [0.2, 0.25) is 0 Å². The largest absolute Gasteiger partial charge is 0.465 e. The summed E-state index contributed by atoms with van der Waals surface area (Å²) in [4.78, 5) is 23.0. The Kier molecular flexibility index (Phi) is 5.24. The van der Waals surface area contributed by atoms with Gasteiger partial charge in [-0.15, -0.1) is 0 Å². The van der Waals surface area contributed by atoms with Crippen LogP contribution in [0.3, 0.4) is 0 Å². The number of carbonyl (C=O) groups excluding carboxylic acids is 1. The van der Waals surface area contributed by atoms with Gasteiger partial charge in [-0.25, -0.2) is 14.8 Å². The number of nitrogens with zero attached hydrogens (tertiary/aromatic N) is 3. The average molecular weight is 431 g/mol. The molecule has 5 rings (SSSR count). The van der Waals surface area contributed by atoms with Gasteiger partial charge in [-0.3, -0.25) is 5.32 Å². The highest BCUT2D eigenvalue weighted by atomic mass is 16.5. The van der Waals surface area contributed by atoms with Crippen LogP contribution in [0.2, 0.25) is 0 Å². The van der Waals surface area contributed by atoms with Crippen molar-refractivity contribution in [3.63, 3.8) is 0 Å². The Morgan fingerprint density at radius 3 is 2.88 bits per heavy atom. The van der Waals surface area contributed by atoms with Crippen molar-refractivity contribution in [2.45, 2.75) is 32.0 Å². The molecule has 1 aliphatic heterocycles. The maximum Gasteiger partial charge on any atom is 0.337 e. The van der Waals surface area contributed by atoms with Crippen molar-refractivity contribution in [2.24, 2.45) is 0 Å². The van der Waals surface area contributed by atoms with Crippen LogP contribution in [-0.2, 0) is 4.74 Å². The predicted octanol–water partition coefficient (Wildman–Crippen LogP) is 3.50. The molecule has 1 unspecified atom stereocenters. The van der Waals surface area contributed by atoms with Crippen molar-refractivity contribution in [1.29, 1.82) is 0 Å². The molecule has 8 nitrogen and oxygen atoms in total. The Balaban J connectivity index is 1.50.